The Hall–Kier alpha value is -2.73. The Morgan fingerprint density at radius 1 is 1.11 bits per heavy atom. The number of amides is 2. The highest BCUT2D eigenvalue weighted by molar-refractivity contribution is 9.10. The molecule has 1 aromatic heterocycles. The van der Waals surface area contributed by atoms with Gasteiger partial charge in [-0.3, -0.25) is 14.6 Å². The van der Waals surface area contributed by atoms with Gasteiger partial charge in [0.05, 0.1) is 16.8 Å². The summed E-state index contributed by atoms with van der Waals surface area (Å²) < 4.78 is 0.974. The Labute approximate surface area is 172 Å². The molecule has 2 aromatic carbocycles. The van der Waals surface area contributed by atoms with Crippen molar-refractivity contribution in [3.8, 4) is 0 Å². The molecule has 3 aromatic rings. The van der Waals surface area contributed by atoms with Crippen LogP contribution in [0.4, 0.5) is 0 Å². The molecule has 2 amide bonds. The minimum atomic E-state index is -0.211. The number of para-hydroxylation sites is 1. The van der Waals surface area contributed by atoms with E-state index in [4.69, 9.17) is 0 Å². The van der Waals surface area contributed by atoms with Crippen LogP contribution < -0.4 is 5.32 Å². The van der Waals surface area contributed by atoms with Crippen LogP contribution >= 0.6 is 15.9 Å². The lowest BCUT2D eigenvalue weighted by molar-refractivity contribution is -0.130. The lowest BCUT2D eigenvalue weighted by Crippen LogP contribution is -2.32. The summed E-state index contributed by atoms with van der Waals surface area (Å²) in [6.45, 7) is 2.62. The first-order chi connectivity index (χ1) is 13.5. The van der Waals surface area contributed by atoms with Gasteiger partial charge in [-0.15, -0.1) is 0 Å². The van der Waals surface area contributed by atoms with E-state index in [1.54, 1.807) is 11.9 Å². The number of hydrogen-bond acceptors (Lipinski definition) is 3. The molecule has 0 fully saturated rings. The average Bonchev–Trinajstić information content (AvgIpc) is 2.68. The Bertz CT molecular complexity index is 1020. The Kier molecular flexibility index (Phi) is 6.41. The monoisotopic (exact) mass is 439 g/mol. The molecule has 0 aliphatic heterocycles. The molecule has 6 heteroatoms. The largest absolute Gasteiger partial charge is 0.351 e. The van der Waals surface area contributed by atoms with Crippen LogP contribution in [0.5, 0.6) is 0 Å². The second kappa shape index (κ2) is 8.97. The van der Waals surface area contributed by atoms with Gasteiger partial charge in [0.1, 0.15) is 0 Å². The molecule has 1 heterocycles. The van der Waals surface area contributed by atoms with Crippen molar-refractivity contribution in [1.29, 1.82) is 0 Å². The predicted octanol–water partition coefficient (Wildman–Crippen LogP) is 4.08. The number of hydrogen-bond donors (Lipinski definition) is 1. The molecule has 28 heavy (non-hydrogen) atoms. The van der Waals surface area contributed by atoms with E-state index in [0.717, 1.165) is 20.9 Å². The van der Waals surface area contributed by atoms with Gasteiger partial charge in [-0.2, -0.15) is 0 Å². The number of carbonyl (C=O) groups is 2. The molecule has 0 spiro atoms. The lowest BCUT2D eigenvalue weighted by Gasteiger charge is -2.18. The summed E-state index contributed by atoms with van der Waals surface area (Å²) >= 11 is 3.49. The number of nitrogens with one attached hydrogen (secondary N) is 1. The first-order valence-corrected chi connectivity index (χ1v) is 9.87. The molecule has 0 unspecified atom stereocenters. The molecule has 0 radical (unpaired) electrons. The third-order valence-corrected chi connectivity index (χ3v) is 5.35. The minimum absolute atomic E-state index is 0.0237. The molecule has 3 rings (SSSR count). The number of fused-ring (bicyclic) bond motifs is 1. The number of carbonyl (C=O) groups excluding carboxylic acids is 2. The van der Waals surface area contributed by atoms with Crippen LogP contribution in [0.1, 0.15) is 28.0 Å². The number of benzene rings is 2. The third-order valence-electron chi connectivity index (χ3n) is 4.57. The summed E-state index contributed by atoms with van der Waals surface area (Å²) in [5.41, 5.74) is 3.11. The molecule has 144 valence electrons. The molecule has 0 saturated heterocycles. The van der Waals surface area contributed by atoms with E-state index < -0.39 is 0 Å². The first-order valence-electron chi connectivity index (χ1n) is 9.07. The summed E-state index contributed by atoms with van der Waals surface area (Å²) in [4.78, 5) is 31.0. The second-order valence-electron chi connectivity index (χ2n) is 6.66. The van der Waals surface area contributed by atoms with Gasteiger partial charge < -0.3 is 10.2 Å². The number of nitrogens with zero attached hydrogens (tertiary/aromatic N) is 2. The zero-order chi connectivity index (χ0) is 20.1. The van der Waals surface area contributed by atoms with Crippen LogP contribution in [0, 0.1) is 6.92 Å². The minimum Gasteiger partial charge on any atom is -0.351 e. The zero-order valence-electron chi connectivity index (χ0n) is 15.9. The smallest absolute Gasteiger partial charge is 0.253 e. The summed E-state index contributed by atoms with van der Waals surface area (Å²) in [6.07, 6.45) is 0.243. The van der Waals surface area contributed by atoms with Crippen molar-refractivity contribution in [1.82, 2.24) is 15.2 Å². The molecule has 0 bridgehead atoms. The average molecular weight is 440 g/mol. The molecule has 0 aliphatic carbocycles. The molecule has 0 aliphatic rings. The fourth-order valence-corrected chi connectivity index (χ4v) is 3.39. The van der Waals surface area contributed by atoms with Crippen LogP contribution in [0.25, 0.3) is 10.9 Å². The van der Waals surface area contributed by atoms with E-state index in [1.807, 2.05) is 61.5 Å². The summed E-state index contributed by atoms with van der Waals surface area (Å²) in [7, 11) is 1.76. The SMILES string of the molecule is Cc1nc2ccccc2cc1C(=O)NCCC(=O)N(C)Cc1ccccc1Br. The quantitative estimate of drug-likeness (QED) is 0.628. The molecular weight excluding hydrogens is 418 g/mol. The highest BCUT2D eigenvalue weighted by Gasteiger charge is 2.14. The third kappa shape index (κ3) is 4.75. The van der Waals surface area contributed by atoms with Crippen molar-refractivity contribution < 1.29 is 9.59 Å². The molecular formula is C22H22BrN3O2. The van der Waals surface area contributed by atoms with E-state index in [2.05, 4.69) is 26.2 Å². The van der Waals surface area contributed by atoms with Gasteiger partial charge in [0, 0.05) is 36.4 Å². The fraction of sp³-hybridized carbons (Fsp3) is 0.227. The van der Waals surface area contributed by atoms with Crippen LogP contribution in [-0.2, 0) is 11.3 Å². The first kappa shape index (κ1) is 20.0. The zero-order valence-corrected chi connectivity index (χ0v) is 17.5. The van der Waals surface area contributed by atoms with E-state index in [9.17, 15) is 9.59 Å². The molecule has 5 nitrogen and oxygen atoms in total. The summed E-state index contributed by atoms with van der Waals surface area (Å²) in [6, 6.07) is 17.3. The topological polar surface area (TPSA) is 62.3 Å². The molecule has 1 N–H and O–H groups in total. The number of aryl methyl sites for hydroxylation is 1. The van der Waals surface area contributed by atoms with Crippen LogP contribution in [0.3, 0.4) is 0 Å². The van der Waals surface area contributed by atoms with E-state index >= 15 is 0 Å². The second-order valence-corrected chi connectivity index (χ2v) is 7.52. The van der Waals surface area contributed by atoms with Crippen molar-refractivity contribution in [3.05, 3.63) is 75.9 Å². The lowest BCUT2D eigenvalue weighted by atomic mass is 10.1. The maximum atomic E-state index is 12.5. The van der Waals surface area contributed by atoms with Crippen molar-refractivity contribution in [3.63, 3.8) is 0 Å². The summed E-state index contributed by atoms with van der Waals surface area (Å²) in [5.74, 6) is -0.235. The van der Waals surface area contributed by atoms with Crippen LogP contribution in [0.15, 0.2) is 59.1 Å². The van der Waals surface area contributed by atoms with Crippen molar-refractivity contribution in [2.45, 2.75) is 19.9 Å². The van der Waals surface area contributed by atoms with Gasteiger partial charge in [0.25, 0.3) is 5.91 Å². The van der Waals surface area contributed by atoms with Gasteiger partial charge in [-0.1, -0.05) is 52.3 Å². The highest BCUT2D eigenvalue weighted by Crippen LogP contribution is 2.18. The standard InChI is InChI=1S/C22H22BrN3O2/c1-15-18(13-16-7-4-6-10-20(16)25-15)22(28)24-12-11-21(27)26(2)14-17-8-3-5-9-19(17)23/h3-10,13H,11-12,14H2,1-2H3,(H,24,28). The number of aromatic nitrogens is 1. The normalized spacial score (nSPS) is 10.7. The molecule has 0 atom stereocenters. The van der Waals surface area contributed by atoms with E-state index in [0.29, 0.717) is 17.8 Å². The number of pyridine rings is 1. The van der Waals surface area contributed by atoms with Gasteiger partial charge in [0.2, 0.25) is 5.91 Å². The Morgan fingerprint density at radius 2 is 1.82 bits per heavy atom. The maximum Gasteiger partial charge on any atom is 0.253 e. The van der Waals surface area contributed by atoms with Gasteiger partial charge in [0.15, 0.2) is 0 Å². The van der Waals surface area contributed by atoms with Crippen molar-refractivity contribution in [2.24, 2.45) is 0 Å². The molecule has 0 saturated carbocycles. The van der Waals surface area contributed by atoms with Gasteiger partial charge >= 0.3 is 0 Å². The van der Waals surface area contributed by atoms with E-state index in [1.165, 1.54) is 0 Å². The van der Waals surface area contributed by atoms with Crippen LogP contribution in [-0.4, -0.2) is 35.3 Å². The highest BCUT2D eigenvalue weighted by atomic mass is 79.9. The van der Waals surface area contributed by atoms with Gasteiger partial charge in [-0.25, -0.2) is 0 Å². The van der Waals surface area contributed by atoms with Crippen molar-refractivity contribution in [2.75, 3.05) is 13.6 Å². The van der Waals surface area contributed by atoms with Crippen molar-refractivity contribution >= 4 is 38.6 Å². The maximum absolute atomic E-state index is 12.5. The summed E-state index contributed by atoms with van der Waals surface area (Å²) in [5, 5.41) is 3.75. The van der Waals surface area contributed by atoms with E-state index in [-0.39, 0.29) is 24.8 Å². The van der Waals surface area contributed by atoms with Gasteiger partial charge in [-0.05, 0) is 30.7 Å². The number of halogens is 1. The fourth-order valence-electron chi connectivity index (χ4n) is 2.98. The van der Waals surface area contributed by atoms with Crippen LogP contribution in [0.2, 0.25) is 0 Å². The Morgan fingerprint density at radius 3 is 2.61 bits per heavy atom. The predicted molar refractivity (Wildman–Crippen MR) is 114 cm³/mol. The number of rotatable bonds is 6. The Balaban J connectivity index is 1.55.